The number of carbonyl (C=O) groups is 2. The molecule has 1 aliphatic carbocycles. The van der Waals surface area contributed by atoms with E-state index in [4.69, 9.17) is 9.47 Å². The highest BCUT2D eigenvalue weighted by Crippen LogP contribution is 2.32. The molecule has 0 spiro atoms. The van der Waals surface area contributed by atoms with Gasteiger partial charge in [-0.2, -0.15) is 0 Å². The maximum atomic E-state index is 12.7. The smallest absolute Gasteiger partial charge is 0.407 e. The molecule has 1 aromatic carbocycles. The Morgan fingerprint density at radius 3 is 2.34 bits per heavy atom. The Hall–Kier alpha value is -2.76. The van der Waals surface area contributed by atoms with E-state index in [0.717, 1.165) is 81.8 Å². The minimum Gasteiger partial charge on any atom is -0.465 e. The van der Waals surface area contributed by atoms with E-state index in [1.807, 2.05) is 33.8 Å². The number of piperazine rings is 1. The molecule has 0 bridgehead atoms. The highest BCUT2D eigenvalue weighted by molar-refractivity contribution is 5.93. The second-order valence-electron chi connectivity index (χ2n) is 11.5. The first-order chi connectivity index (χ1) is 18.0. The molecule has 1 saturated heterocycles. The van der Waals surface area contributed by atoms with Crippen LogP contribution in [0.1, 0.15) is 74.9 Å². The van der Waals surface area contributed by atoms with Gasteiger partial charge in [0.1, 0.15) is 5.60 Å². The van der Waals surface area contributed by atoms with E-state index in [9.17, 15) is 9.59 Å². The lowest BCUT2D eigenvalue weighted by Gasteiger charge is -2.39. The summed E-state index contributed by atoms with van der Waals surface area (Å²) in [5.41, 5.74) is 2.83. The standard InChI is InChI=1S/C30H46N4O4/c1-8-34(25-13-11-24(12-14-25)31-29(36)38-30(3,4)5)27-21-23(20-26(22(27)2)28(35)37-7)10-9-15-33-18-16-32(6)17-19-33/h20-21,24-25H,8,11-19H2,1-7H3,(H,31,36)/t24-,25-. The molecule has 1 aliphatic heterocycles. The van der Waals surface area contributed by atoms with E-state index in [1.54, 1.807) is 0 Å². The van der Waals surface area contributed by atoms with Gasteiger partial charge in [-0.3, -0.25) is 4.90 Å². The van der Waals surface area contributed by atoms with E-state index < -0.39 is 5.60 Å². The van der Waals surface area contributed by atoms with Gasteiger partial charge in [0, 0.05) is 56.1 Å². The molecule has 2 aliphatic rings. The summed E-state index contributed by atoms with van der Waals surface area (Å²) in [4.78, 5) is 32.0. The van der Waals surface area contributed by atoms with Crippen LogP contribution >= 0.6 is 0 Å². The van der Waals surface area contributed by atoms with Crippen LogP contribution in [0.4, 0.5) is 10.5 Å². The number of benzene rings is 1. The third-order valence-corrected chi connectivity index (χ3v) is 7.43. The fourth-order valence-electron chi connectivity index (χ4n) is 5.28. The molecule has 0 radical (unpaired) electrons. The second kappa shape index (κ2) is 13.3. The van der Waals surface area contributed by atoms with E-state index in [0.29, 0.717) is 11.6 Å². The maximum absolute atomic E-state index is 12.7. The number of nitrogens with one attached hydrogen (secondary N) is 1. The van der Waals surface area contributed by atoms with Crippen molar-refractivity contribution in [2.45, 2.75) is 78.0 Å². The Labute approximate surface area is 229 Å². The van der Waals surface area contributed by atoms with E-state index >= 15 is 0 Å². The fourth-order valence-corrected chi connectivity index (χ4v) is 5.28. The predicted octanol–water partition coefficient (Wildman–Crippen LogP) is 4.04. The molecule has 0 unspecified atom stereocenters. The molecular formula is C30H46N4O4. The summed E-state index contributed by atoms with van der Waals surface area (Å²) >= 11 is 0. The first kappa shape index (κ1) is 29.8. The van der Waals surface area contributed by atoms with Gasteiger partial charge in [0.2, 0.25) is 0 Å². The minimum atomic E-state index is -0.506. The van der Waals surface area contributed by atoms with Crippen molar-refractivity contribution < 1.29 is 19.1 Å². The average Bonchev–Trinajstić information content (AvgIpc) is 2.86. The van der Waals surface area contributed by atoms with Gasteiger partial charge in [-0.25, -0.2) is 9.59 Å². The van der Waals surface area contributed by atoms with Crippen molar-refractivity contribution in [1.29, 1.82) is 0 Å². The molecule has 3 rings (SSSR count). The Balaban J connectivity index is 1.74. The number of anilines is 1. The van der Waals surface area contributed by atoms with E-state index in [2.05, 4.69) is 51.9 Å². The molecule has 1 amide bonds. The van der Waals surface area contributed by atoms with Gasteiger partial charge >= 0.3 is 12.1 Å². The number of nitrogens with zero attached hydrogens (tertiary/aromatic N) is 3. The summed E-state index contributed by atoms with van der Waals surface area (Å²) in [6.45, 7) is 15.4. The number of esters is 1. The number of amides is 1. The molecule has 2 fully saturated rings. The van der Waals surface area contributed by atoms with Crippen molar-refractivity contribution in [1.82, 2.24) is 15.1 Å². The quantitative estimate of drug-likeness (QED) is 0.443. The van der Waals surface area contributed by atoms with Crippen LogP contribution in [-0.2, 0) is 9.47 Å². The van der Waals surface area contributed by atoms with Crippen LogP contribution in [0.2, 0.25) is 0 Å². The first-order valence-corrected chi connectivity index (χ1v) is 13.9. The monoisotopic (exact) mass is 526 g/mol. The van der Waals surface area contributed by atoms with Crippen molar-refractivity contribution in [2.75, 3.05) is 58.3 Å². The lowest BCUT2D eigenvalue weighted by Crippen LogP contribution is -2.45. The van der Waals surface area contributed by atoms with E-state index in [1.165, 1.54) is 7.11 Å². The normalized spacial score (nSPS) is 20.7. The van der Waals surface area contributed by atoms with Crippen LogP contribution < -0.4 is 10.2 Å². The van der Waals surface area contributed by atoms with Gasteiger partial charge in [-0.15, -0.1) is 0 Å². The molecule has 38 heavy (non-hydrogen) atoms. The third kappa shape index (κ3) is 8.37. The average molecular weight is 527 g/mol. The topological polar surface area (TPSA) is 74.4 Å². The lowest BCUT2D eigenvalue weighted by atomic mass is 9.89. The van der Waals surface area contributed by atoms with Gasteiger partial charge in [0.05, 0.1) is 19.2 Å². The Kier molecular flexibility index (Phi) is 10.5. The summed E-state index contributed by atoms with van der Waals surface area (Å²) in [6.07, 6.45) is 3.30. The molecule has 0 atom stereocenters. The number of hydrogen-bond acceptors (Lipinski definition) is 7. The summed E-state index contributed by atoms with van der Waals surface area (Å²) in [6, 6.07) is 4.40. The number of likely N-dealkylation sites (N-methyl/N-ethyl adjacent to an activating group) is 1. The highest BCUT2D eigenvalue weighted by Gasteiger charge is 2.29. The molecule has 1 saturated carbocycles. The Bertz CT molecular complexity index is 1020. The second-order valence-corrected chi connectivity index (χ2v) is 11.5. The van der Waals surface area contributed by atoms with Crippen LogP contribution in [-0.4, -0.2) is 93.0 Å². The molecule has 1 aromatic rings. The zero-order valence-corrected chi connectivity index (χ0v) is 24.4. The van der Waals surface area contributed by atoms with Crippen LogP contribution in [0.3, 0.4) is 0 Å². The molecule has 8 heteroatoms. The lowest BCUT2D eigenvalue weighted by molar-refractivity contribution is 0.0490. The summed E-state index contributed by atoms with van der Waals surface area (Å²) in [7, 11) is 3.57. The molecule has 0 aromatic heterocycles. The van der Waals surface area contributed by atoms with Crippen molar-refractivity contribution in [3.63, 3.8) is 0 Å². The molecule has 1 N–H and O–H groups in total. The zero-order chi connectivity index (χ0) is 27.9. The molecule has 210 valence electrons. The number of methoxy groups -OCH3 is 1. The fraction of sp³-hybridized carbons (Fsp3) is 0.667. The number of hydrogen-bond donors (Lipinski definition) is 1. The summed E-state index contributed by atoms with van der Waals surface area (Å²) in [5.74, 6) is 6.31. The summed E-state index contributed by atoms with van der Waals surface area (Å²) in [5, 5.41) is 3.03. The number of ether oxygens (including phenoxy) is 2. The highest BCUT2D eigenvalue weighted by atomic mass is 16.6. The predicted molar refractivity (Wildman–Crippen MR) is 152 cm³/mol. The number of alkyl carbamates (subject to hydrolysis) is 1. The minimum absolute atomic E-state index is 0.110. The Morgan fingerprint density at radius 2 is 1.76 bits per heavy atom. The van der Waals surface area contributed by atoms with Crippen molar-refractivity contribution >= 4 is 17.7 Å². The first-order valence-electron chi connectivity index (χ1n) is 13.9. The number of rotatable bonds is 6. The van der Waals surface area contributed by atoms with Gasteiger partial charge in [-0.1, -0.05) is 11.8 Å². The summed E-state index contributed by atoms with van der Waals surface area (Å²) < 4.78 is 10.5. The largest absolute Gasteiger partial charge is 0.465 e. The van der Waals surface area contributed by atoms with Crippen LogP contribution in [0.25, 0.3) is 0 Å². The number of carbonyl (C=O) groups excluding carboxylic acids is 2. The van der Waals surface area contributed by atoms with Crippen LogP contribution in [0, 0.1) is 18.8 Å². The third-order valence-electron chi connectivity index (χ3n) is 7.43. The van der Waals surface area contributed by atoms with Crippen LogP contribution in [0.15, 0.2) is 12.1 Å². The maximum Gasteiger partial charge on any atom is 0.407 e. The molecule has 1 heterocycles. The van der Waals surface area contributed by atoms with Crippen LogP contribution in [0.5, 0.6) is 0 Å². The van der Waals surface area contributed by atoms with E-state index in [-0.39, 0.29) is 18.1 Å². The van der Waals surface area contributed by atoms with Gasteiger partial charge < -0.3 is 24.6 Å². The van der Waals surface area contributed by atoms with Gasteiger partial charge in [0.25, 0.3) is 0 Å². The Morgan fingerprint density at radius 1 is 1.11 bits per heavy atom. The SMILES string of the molecule is CCN(c1cc(C#CCN2CCN(C)CC2)cc(C(=O)OC)c1C)[C@H]1CC[C@H](NC(=O)OC(C)(C)C)CC1. The molecular weight excluding hydrogens is 480 g/mol. The van der Waals surface area contributed by atoms with Crippen molar-refractivity contribution in [3.8, 4) is 11.8 Å². The van der Waals surface area contributed by atoms with Gasteiger partial charge in [-0.05, 0) is 85.0 Å². The molecule has 8 nitrogen and oxygen atoms in total. The van der Waals surface area contributed by atoms with Crippen molar-refractivity contribution in [3.05, 3.63) is 28.8 Å². The zero-order valence-electron chi connectivity index (χ0n) is 24.4. The van der Waals surface area contributed by atoms with Crippen molar-refractivity contribution in [2.24, 2.45) is 0 Å². The van der Waals surface area contributed by atoms with Gasteiger partial charge in [0.15, 0.2) is 0 Å².